The molecule has 13 heteroatoms. The van der Waals surface area contributed by atoms with Crippen molar-refractivity contribution in [3.8, 4) is 5.75 Å². The topological polar surface area (TPSA) is 148 Å². The van der Waals surface area contributed by atoms with Gasteiger partial charge in [-0.15, -0.1) is 0 Å². The van der Waals surface area contributed by atoms with Crippen molar-refractivity contribution in [3.63, 3.8) is 0 Å². The Labute approximate surface area is 276 Å². The van der Waals surface area contributed by atoms with Crippen molar-refractivity contribution in [2.75, 3.05) is 33.2 Å². The summed E-state index contributed by atoms with van der Waals surface area (Å²) in [5, 5.41) is 16.7. The van der Waals surface area contributed by atoms with Gasteiger partial charge in [-0.25, -0.2) is 4.79 Å². The zero-order valence-corrected chi connectivity index (χ0v) is 28.9. The van der Waals surface area contributed by atoms with Gasteiger partial charge in [-0.2, -0.15) is 0 Å². The van der Waals surface area contributed by atoms with Gasteiger partial charge in [0.1, 0.15) is 40.7 Å². The first kappa shape index (κ1) is 37.3. The average Bonchev–Trinajstić information content (AvgIpc) is 3.64. The van der Waals surface area contributed by atoms with Gasteiger partial charge in [-0.1, -0.05) is 42.3 Å². The molecule has 0 aliphatic carbocycles. The lowest BCUT2D eigenvalue weighted by Crippen LogP contribution is -2.62. The average molecular weight is 666 g/mol. The molecule has 2 aliphatic heterocycles. The van der Waals surface area contributed by atoms with Crippen LogP contribution >= 0.6 is 11.6 Å². The van der Waals surface area contributed by atoms with E-state index in [0.717, 1.165) is 11.1 Å². The van der Waals surface area contributed by atoms with E-state index >= 15 is 0 Å². The summed E-state index contributed by atoms with van der Waals surface area (Å²) < 4.78 is 27.7. The van der Waals surface area contributed by atoms with Crippen molar-refractivity contribution >= 4 is 35.3 Å². The maximum absolute atomic E-state index is 13.6. The Hall–Kier alpha value is -3.16. The second-order valence-electron chi connectivity index (χ2n) is 12.1. The number of amides is 2. The molecule has 0 spiro atoms. The number of cyclic esters (lactones) is 1. The smallest absolute Gasteiger partial charge is 0.409 e. The van der Waals surface area contributed by atoms with Gasteiger partial charge in [0.15, 0.2) is 5.72 Å². The van der Waals surface area contributed by atoms with Gasteiger partial charge in [0.2, 0.25) is 5.91 Å². The monoisotopic (exact) mass is 665 g/mol. The highest BCUT2D eigenvalue weighted by atomic mass is 35.5. The fourth-order valence-corrected chi connectivity index (χ4v) is 5.63. The molecule has 0 aromatic heterocycles. The molecule has 3 N–H and O–H groups in total. The highest BCUT2D eigenvalue weighted by Gasteiger charge is 2.57. The minimum Gasteiger partial charge on any atom is -0.495 e. The second-order valence-corrected chi connectivity index (χ2v) is 12.5. The number of carbonyl (C=O) groups excluding carboxylic acids is 3. The fourth-order valence-electron chi connectivity index (χ4n) is 5.32. The number of hydrogen-bond acceptors (Lipinski definition) is 10. The number of hydrogen-bond donors (Lipinski definition) is 3. The summed E-state index contributed by atoms with van der Waals surface area (Å²) >= 11 is 6.68. The molecule has 0 saturated carbocycles. The molecule has 256 valence electrons. The van der Waals surface area contributed by atoms with Crippen LogP contribution in [0.3, 0.4) is 0 Å². The van der Waals surface area contributed by atoms with Crippen molar-refractivity contribution in [2.45, 2.75) is 102 Å². The molecule has 3 rings (SSSR count). The number of ether oxygens (including phenoxy) is 5. The minimum atomic E-state index is -1.61. The van der Waals surface area contributed by atoms with E-state index in [-0.39, 0.29) is 29.9 Å². The summed E-state index contributed by atoms with van der Waals surface area (Å²) in [6, 6.07) is 3.07. The number of carbonyl (C=O) groups is 3. The molecule has 7 unspecified atom stereocenters. The SMILES string of the molecule is CCC1CC(O)(C(C=CC=C(C)Cc2cc(OC)c(Cl)c(N(C)C(=O)CC(OC(=O)C(C)NC)C3(C)OC3C)c2)OC)NC(=O)O1. The quantitative estimate of drug-likeness (QED) is 0.142. The van der Waals surface area contributed by atoms with Crippen LogP contribution in [0.25, 0.3) is 0 Å². The highest BCUT2D eigenvalue weighted by Crippen LogP contribution is 2.43. The Kier molecular flexibility index (Phi) is 12.7. The fraction of sp³-hybridized carbons (Fsp3) is 0.606. The van der Waals surface area contributed by atoms with Crippen LogP contribution < -0.4 is 20.3 Å². The van der Waals surface area contributed by atoms with E-state index in [1.54, 1.807) is 39.2 Å². The summed E-state index contributed by atoms with van der Waals surface area (Å²) in [6.07, 6.45) is 3.55. The molecule has 2 fully saturated rings. The third kappa shape index (κ3) is 8.80. The lowest BCUT2D eigenvalue weighted by molar-refractivity contribution is -0.155. The number of epoxide rings is 1. The van der Waals surface area contributed by atoms with E-state index < -0.39 is 47.7 Å². The predicted molar refractivity (Wildman–Crippen MR) is 174 cm³/mol. The van der Waals surface area contributed by atoms with Gasteiger partial charge in [0.25, 0.3) is 0 Å². The zero-order valence-electron chi connectivity index (χ0n) is 28.1. The predicted octanol–water partition coefficient (Wildman–Crippen LogP) is 4.06. The van der Waals surface area contributed by atoms with Crippen LogP contribution in [0.15, 0.2) is 35.9 Å². The number of anilines is 1. The molecule has 0 radical (unpaired) electrons. The number of aliphatic hydroxyl groups is 1. The van der Waals surface area contributed by atoms with Gasteiger partial charge in [-0.05, 0) is 65.3 Å². The van der Waals surface area contributed by atoms with Crippen LogP contribution in [0.5, 0.6) is 5.75 Å². The Bertz CT molecular complexity index is 1340. The minimum absolute atomic E-state index is 0.106. The molecule has 12 nitrogen and oxygen atoms in total. The molecule has 2 aliphatic rings. The van der Waals surface area contributed by atoms with E-state index in [9.17, 15) is 19.5 Å². The van der Waals surface area contributed by atoms with Crippen molar-refractivity contribution in [1.29, 1.82) is 0 Å². The summed E-state index contributed by atoms with van der Waals surface area (Å²) in [5.74, 6) is -0.390. The van der Waals surface area contributed by atoms with E-state index in [1.807, 2.05) is 39.8 Å². The number of likely N-dealkylation sites (N-methyl/N-ethyl adjacent to an activating group) is 1. The number of alkyl carbamates (subject to hydrolysis) is 1. The number of rotatable bonds is 15. The maximum atomic E-state index is 13.6. The lowest BCUT2D eigenvalue weighted by Gasteiger charge is -2.40. The molecule has 1 aromatic carbocycles. The molecular formula is C33H48ClN3O9. The Morgan fingerprint density at radius 2 is 2.00 bits per heavy atom. The normalized spacial score (nSPS) is 26.5. The molecule has 2 amide bonds. The van der Waals surface area contributed by atoms with E-state index in [4.69, 9.17) is 35.3 Å². The van der Waals surface area contributed by atoms with Crippen LogP contribution in [0.4, 0.5) is 10.5 Å². The van der Waals surface area contributed by atoms with Gasteiger partial charge >= 0.3 is 12.1 Å². The Balaban J connectivity index is 1.78. The van der Waals surface area contributed by atoms with Crippen LogP contribution in [-0.2, 0) is 35.0 Å². The highest BCUT2D eigenvalue weighted by molar-refractivity contribution is 6.35. The number of nitrogens with one attached hydrogen (secondary N) is 2. The molecule has 0 bridgehead atoms. The van der Waals surface area contributed by atoms with Crippen molar-refractivity contribution in [3.05, 3.63) is 46.5 Å². The first-order chi connectivity index (χ1) is 21.6. The number of allylic oxidation sites excluding steroid dienone is 3. The van der Waals surface area contributed by atoms with Gasteiger partial charge < -0.3 is 39.0 Å². The summed E-state index contributed by atoms with van der Waals surface area (Å²) in [5.41, 5.74) is -0.162. The molecule has 46 heavy (non-hydrogen) atoms. The molecule has 2 saturated heterocycles. The lowest BCUT2D eigenvalue weighted by atomic mass is 9.95. The van der Waals surface area contributed by atoms with E-state index in [0.29, 0.717) is 24.3 Å². The Morgan fingerprint density at radius 1 is 1.33 bits per heavy atom. The van der Waals surface area contributed by atoms with E-state index in [1.165, 1.54) is 19.1 Å². The number of methoxy groups -OCH3 is 2. The third-order valence-corrected chi connectivity index (χ3v) is 9.10. The largest absolute Gasteiger partial charge is 0.495 e. The number of halogens is 1. The summed E-state index contributed by atoms with van der Waals surface area (Å²) in [6.45, 7) is 9.19. The van der Waals surface area contributed by atoms with Crippen molar-refractivity contribution < 1.29 is 43.2 Å². The Morgan fingerprint density at radius 3 is 2.57 bits per heavy atom. The zero-order chi connectivity index (χ0) is 34.4. The number of nitrogens with zero attached hydrogens (tertiary/aromatic N) is 1. The summed E-state index contributed by atoms with van der Waals surface area (Å²) in [7, 11) is 6.23. The van der Waals surface area contributed by atoms with Crippen LogP contribution in [0, 0.1) is 0 Å². The second kappa shape index (κ2) is 15.6. The number of benzene rings is 1. The van der Waals surface area contributed by atoms with Crippen molar-refractivity contribution in [1.82, 2.24) is 10.6 Å². The van der Waals surface area contributed by atoms with Crippen LogP contribution in [0.1, 0.15) is 59.4 Å². The third-order valence-electron chi connectivity index (χ3n) is 8.72. The molecule has 7 atom stereocenters. The van der Waals surface area contributed by atoms with Crippen molar-refractivity contribution in [2.24, 2.45) is 0 Å². The molecule has 2 heterocycles. The van der Waals surface area contributed by atoms with Gasteiger partial charge in [0, 0.05) is 20.6 Å². The molecule has 1 aromatic rings. The summed E-state index contributed by atoms with van der Waals surface area (Å²) in [4.78, 5) is 39.6. The van der Waals surface area contributed by atoms with Crippen LogP contribution in [0.2, 0.25) is 5.02 Å². The standard InChI is InChI=1S/C33H48ClN3O9/c1-10-23-18-33(41,36-31(40)44-23)26(43-9)13-11-12-19(2)14-22-15-24(29(34)25(16-22)42-8)37(7)28(38)17-27(32(5)21(4)46-32)45-30(39)20(3)35-6/h11-13,15-16,20-21,23,26-27,35,41H,10,14,17-18H2,1-9H3,(H,36,40). The maximum Gasteiger partial charge on any atom is 0.409 e. The first-order valence-corrected chi connectivity index (χ1v) is 15.8. The van der Waals surface area contributed by atoms with Gasteiger partial charge in [-0.3, -0.25) is 14.9 Å². The molecular weight excluding hydrogens is 618 g/mol. The van der Waals surface area contributed by atoms with E-state index in [2.05, 4.69) is 10.6 Å². The van der Waals surface area contributed by atoms with Gasteiger partial charge in [0.05, 0.1) is 25.3 Å². The van der Waals surface area contributed by atoms with Crippen LogP contribution in [-0.4, -0.2) is 93.2 Å². The first-order valence-electron chi connectivity index (χ1n) is 15.4. The number of esters is 1.